The summed E-state index contributed by atoms with van der Waals surface area (Å²) in [6.07, 6.45) is 5.40. The molecule has 0 amide bonds. The molecule has 0 bridgehead atoms. The maximum Gasteiger partial charge on any atom is 0.0445 e. The summed E-state index contributed by atoms with van der Waals surface area (Å²) in [4.78, 5) is 2.56. The van der Waals surface area contributed by atoms with Gasteiger partial charge >= 0.3 is 0 Å². The first-order valence-corrected chi connectivity index (χ1v) is 8.75. The van der Waals surface area contributed by atoms with E-state index in [1.165, 1.54) is 42.1 Å². The van der Waals surface area contributed by atoms with Gasteiger partial charge in [-0.2, -0.15) is 12.6 Å². The van der Waals surface area contributed by atoms with Crippen LogP contribution in [0.5, 0.6) is 0 Å². The first kappa shape index (κ1) is 14.8. The minimum absolute atomic E-state index is 0.413. The average Bonchev–Trinajstić information content (AvgIpc) is 3.01. The smallest absolute Gasteiger partial charge is 0.0445 e. The molecule has 1 aliphatic rings. The van der Waals surface area contributed by atoms with Crippen LogP contribution < -0.4 is 4.90 Å². The second-order valence-corrected chi connectivity index (χ2v) is 6.69. The molecule has 0 aromatic heterocycles. The SMILES string of the molecule is CCN(CC1(CS)CCCC1)c1cccc2ccccc12. The molecule has 112 valence electrons. The molecule has 0 unspecified atom stereocenters. The number of hydrogen-bond acceptors (Lipinski definition) is 2. The third-order valence-electron chi connectivity index (χ3n) is 5.01. The molecular weight excluding hydrogens is 274 g/mol. The Morgan fingerprint density at radius 2 is 1.76 bits per heavy atom. The van der Waals surface area contributed by atoms with Crippen LogP contribution in [0.3, 0.4) is 0 Å². The fourth-order valence-electron chi connectivity index (χ4n) is 3.75. The normalized spacial score (nSPS) is 17.2. The summed E-state index contributed by atoms with van der Waals surface area (Å²) in [6.45, 7) is 4.47. The van der Waals surface area contributed by atoms with Gasteiger partial charge in [-0.25, -0.2) is 0 Å². The van der Waals surface area contributed by atoms with Gasteiger partial charge in [0.25, 0.3) is 0 Å². The molecule has 0 atom stereocenters. The number of anilines is 1. The van der Waals surface area contributed by atoms with E-state index in [0.717, 1.165) is 18.8 Å². The van der Waals surface area contributed by atoms with E-state index in [-0.39, 0.29) is 0 Å². The van der Waals surface area contributed by atoms with Crippen molar-refractivity contribution < 1.29 is 0 Å². The highest BCUT2D eigenvalue weighted by atomic mass is 32.1. The lowest BCUT2D eigenvalue weighted by Crippen LogP contribution is -2.37. The van der Waals surface area contributed by atoms with E-state index in [4.69, 9.17) is 0 Å². The van der Waals surface area contributed by atoms with E-state index >= 15 is 0 Å². The van der Waals surface area contributed by atoms with E-state index in [9.17, 15) is 0 Å². The Hall–Kier alpha value is -1.15. The topological polar surface area (TPSA) is 3.24 Å². The molecule has 0 aliphatic heterocycles. The van der Waals surface area contributed by atoms with Crippen molar-refractivity contribution in [2.45, 2.75) is 32.6 Å². The maximum atomic E-state index is 4.67. The number of fused-ring (bicyclic) bond motifs is 1. The lowest BCUT2D eigenvalue weighted by atomic mass is 9.87. The number of nitrogens with zero attached hydrogens (tertiary/aromatic N) is 1. The zero-order valence-electron chi connectivity index (χ0n) is 12.9. The van der Waals surface area contributed by atoms with Crippen molar-refractivity contribution in [1.82, 2.24) is 0 Å². The van der Waals surface area contributed by atoms with Crippen molar-refractivity contribution in [1.29, 1.82) is 0 Å². The second kappa shape index (κ2) is 6.31. The van der Waals surface area contributed by atoms with Gasteiger partial charge in [0.15, 0.2) is 0 Å². The monoisotopic (exact) mass is 299 g/mol. The van der Waals surface area contributed by atoms with Crippen molar-refractivity contribution in [2.24, 2.45) is 5.41 Å². The number of thiol groups is 1. The summed E-state index contributed by atoms with van der Waals surface area (Å²) in [6, 6.07) is 15.4. The Morgan fingerprint density at radius 1 is 1.05 bits per heavy atom. The van der Waals surface area contributed by atoms with Crippen LogP contribution in [0, 0.1) is 5.41 Å². The summed E-state index contributed by atoms with van der Waals surface area (Å²) in [7, 11) is 0. The van der Waals surface area contributed by atoms with E-state index in [0.29, 0.717) is 5.41 Å². The largest absolute Gasteiger partial charge is 0.371 e. The van der Waals surface area contributed by atoms with Crippen LogP contribution >= 0.6 is 12.6 Å². The Kier molecular flexibility index (Phi) is 4.44. The molecule has 1 aliphatic carbocycles. The summed E-state index contributed by atoms with van der Waals surface area (Å²) in [5, 5.41) is 2.70. The van der Waals surface area contributed by atoms with Crippen LogP contribution in [0.1, 0.15) is 32.6 Å². The van der Waals surface area contributed by atoms with Gasteiger partial charge < -0.3 is 4.90 Å². The summed E-state index contributed by atoms with van der Waals surface area (Å²) in [5.74, 6) is 1.01. The van der Waals surface area contributed by atoms with Gasteiger partial charge in [-0.05, 0) is 42.4 Å². The third-order valence-corrected chi connectivity index (χ3v) is 5.69. The van der Waals surface area contributed by atoms with E-state index in [1.807, 2.05) is 0 Å². The molecule has 0 N–H and O–H groups in total. The van der Waals surface area contributed by atoms with Crippen LogP contribution in [-0.2, 0) is 0 Å². The zero-order chi connectivity index (χ0) is 14.7. The molecule has 0 radical (unpaired) electrons. The van der Waals surface area contributed by atoms with Crippen LogP contribution in [0.15, 0.2) is 42.5 Å². The standard InChI is InChI=1S/C19H25NS/c1-2-20(14-19(15-21)12-5-6-13-19)18-11-7-9-16-8-3-4-10-17(16)18/h3-4,7-11,21H,2,5-6,12-15H2,1H3. The molecule has 1 nitrogen and oxygen atoms in total. The predicted octanol–water partition coefficient (Wildman–Crippen LogP) is 5.16. The minimum atomic E-state index is 0.413. The van der Waals surface area contributed by atoms with Crippen LogP contribution in [-0.4, -0.2) is 18.8 Å². The van der Waals surface area contributed by atoms with Crippen molar-refractivity contribution in [3.8, 4) is 0 Å². The predicted molar refractivity (Wildman–Crippen MR) is 96.6 cm³/mol. The Morgan fingerprint density at radius 3 is 2.48 bits per heavy atom. The third kappa shape index (κ3) is 2.91. The first-order valence-electron chi connectivity index (χ1n) is 8.11. The summed E-state index contributed by atoms with van der Waals surface area (Å²) < 4.78 is 0. The van der Waals surface area contributed by atoms with E-state index in [2.05, 4.69) is 66.9 Å². The highest BCUT2D eigenvalue weighted by molar-refractivity contribution is 7.80. The van der Waals surface area contributed by atoms with E-state index in [1.54, 1.807) is 0 Å². The lowest BCUT2D eigenvalue weighted by Gasteiger charge is -2.35. The van der Waals surface area contributed by atoms with Gasteiger partial charge in [0.1, 0.15) is 0 Å². The highest BCUT2D eigenvalue weighted by Crippen LogP contribution is 2.41. The summed E-state index contributed by atoms with van der Waals surface area (Å²) >= 11 is 4.67. The first-order chi connectivity index (χ1) is 10.3. The Labute approximate surface area is 133 Å². The van der Waals surface area contributed by atoms with Gasteiger partial charge in [0, 0.05) is 24.2 Å². The minimum Gasteiger partial charge on any atom is -0.371 e. The Balaban J connectivity index is 1.95. The molecule has 21 heavy (non-hydrogen) atoms. The molecule has 2 aromatic rings. The van der Waals surface area contributed by atoms with Gasteiger partial charge in [-0.3, -0.25) is 0 Å². The van der Waals surface area contributed by atoms with Crippen LogP contribution in [0.25, 0.3) is 10.8 Å². The lowest BCUT2D eigenvalue weighted by molar-refractivity contribution is 0.349. The number of rotatable bonds is 5. The molecule has 1 saturated carbocycles. The van der Waals surface area contributed by atoms with Crippen LogP contribution in [0.2, 0.25) is 0 Å². The maximum absolute atomic E-state index is 4.67. The summed E-state index contributed by atoms with van der Waals surface area (Å²) in [5.41, 5.74) is 1.79. The van der Waals surface area contributed by atoms with Crippen LogP contribution in [0.4, 0.5) is 5.69 Å². The molecule has 3 rings (SSSR count). The fourth-order valence-corrected chi connectivity index (χ4v) is 4.16. The second-order valence-electron chi connectivity index (χ2n) is 6.38. The van der Waals surface area contributed by atoms with Gasteiger partial charge in [0.05, 0.1) is 0 Å². The average molecular weight is 299 g/mol. The van der Waals surface area contributed by atoms with E-state index < -0.39 is 0 Å². The molecule has 2 heteroatoms. The molecule has 0 saturated heterocycles. The molecule has 2 aromatic carbocycles. The molecular formula is C19H25NS. The fraction of sp³-hybridized carbons (Fsp3) is 0.474. The molecule has 0 spiro atoms. The molecule has 0 heterocycles. The number of hydrogen-bond donors (Lipinski definition) is 1. The van der Waals surface area contributed by atoms with Gasteiger partial charge in [0.2, 0.25) is 0 Å². The van der Waals surface area contributed by atoms with Gasteiger partial charge in [-0.15, -0.1) is 0 Å². The van der Waals surface area contributed by atoms with Crippen molar-refractivity contribution in [2.75, 3.05) is 23.7 Å². The van der Waals surface area contributed by atoms with Gasteiger partial charge in [-0.1, -0.05) is 49.2 Å². The zero-order valence-corrected chi connectivity index (χ0v) is 13.8. The number of benzene rings is 2. The molecule has 1 fully saturated rings. The Bertz CT molecular complexity index is 596. The van der Waals surface area contributed by atoms with Crippen molar-refractivity contribution in [3.63, 3.8) is 0 Å². The van der Waals surface area contributed by atoms with Crippen molar-refractivity contribution >= 4 is 29.1 Å². The quantitative estimate of drug-likeness (QED) is 0.747. The van der Waals surface area contributed by atoms with Crippen molar-refractivity contribution in [3.05, 3.63) is 42.5 Å². The highest BCUT2D eigenvalue weighted by Gasteiger charge is 2.34.